The molecule has 0 aromatic heterocycles. The summed E-state index contributed by atoms with van der Waals surface area (Å²) in [7, 11) is 0. The number of benzene rings is 1. The van der Waals surface area contributed by atoms with E-state index in [1.807, 2.05) is 0 Å². The lowest BCUT2D eigenvalue weighted by atomic mass is 9.82. The minimum absolute atomic E-state index is 0.269. The van der Waals surface area contributed by atoms with Gasteiger partial charge in [-0.1, -0.05) is 49.6 Å². The molecule has 3 nitrogen and oxygen atoms in total. The Morgan fingerprint density at radius 3 is 2.35 bits per heavy atom. The van der Waals surface area contributed by atoms with Gasteiger partial charge in [0.15, 0.2) is 0 Å². The summed E-state index contributed by atoms with van der Waals surface area (Å²) in [5, 5.41) is 12.4. The second kappa shape index (κ2) is 7.34. The van der Waals surface area contributed by atoms with Crippen molar-refractivity contribution in [2.24, 2.45) is 0 Å². The van der Waals surface area contributed by atoms with Crippen LogP contribution >= 0.6 is 0 Å². The average Bonchev–Trinajstić information content (AvgIpc) is 2.47. The maximum Gasteiger partial charge on any atom is 0.408 e. The predicted octanol–water partition coefficient (Wildman–Crippen LogP) is 3.36. The quantitative estimate of drug-likeness (QED) is 0.870. The number of rotatable bonds is 5. The van der Waals surface area contributed by atoms with E-state index in [-0.39, 0.29) is 12.8 Å². The first kappa shape index (κ1) is 17.8. The maximum atomic E-state index is 13.2. The third-order valence-electron chi connectivity index (χ3n) is 4.29. The van der Waals surface area contributed by atoms with E-state index in [0.717, 1.165) is 19.3 Å². The number of alkyl halides is 3. The Labute approximate surface area is 133 Å². The van der Waals surface area contributed by atoms with Gasteiger partial charge in [0, 0.05) is 6.42 Å². The van der Waals surface area contributed by atoms with E-state index in [1.165, 1.54) is 0 Å². The van der Waals surface area contributed by atoms with Crippen LogP contribution < -0.4 is 5.32 Å². The fraction of sp³-hybridized carbons (Fsp3) is 0.588. The Bertz CT molecular complexity index is 510. The van der Waals surface area contributed by atoms with E-state index in [0.29, 0.717) is 18.4 Å². The van der Waals surface area contributed by atoms with Crippen LogP contribution in [0.4, 0.5) is 13.2 Å². The van der Waals surface area contributed by atoms with Gasteiger partial charge < -0.3 is 10.4 Å². The van der Waals surface area contributed by atoms with Crippen molar-refractivity contribution >= 4 is 5.91 Å². The van der Waals surface area contributed by atoms with Crippen molar-refractivity contribution in [3.63, 3.8) is 0 Å². The fourth-order valence-electron chi connectivity index (χ4n) is 3.03. The highest BCUT2D eigenvalue weighted by atomic mass is 19.4. The largest absolute Gasteiger partial charge is 0.408 e. The highest BCUT2D eigenvalue weighted by Crippen LogP contribution is 2.31. The molecule has 0 bridgehead atoms. The van der Waals surface area contributed by atoms with E-state index in [4.69, 9.17) is 0 Å². The standard InChI is InChI=1S/C17H22F3NO2/c18-17(19,20)14(11-13-7-3-1-4-8-13)21-15(22)12-16(23)9-5-2-6-10-16/h1,3-4,7-8,14,23H,2,5-6,9-12H2,(H,21,22). The first-order chi connectivity index (χ1) is 10.8. The zero-order valence-electron chi connectivity index (χ0n) is 12.9. The molecule has 2 rings (SSSR count). The Morgan fingerprint density at radius 1 is 1.17 bits per heavy atom. The van der Waals surface area contributed by atoms with E-state index in [9.17, 15) is 23.1 Å². The maximum absolute atomic E-state index is 13.2. The number of hydrogen-bond donors (Lipinski definition) is 2. The molecule has 1 saturated carbocycles. The van der Waals surface area contributed by atoms with Gasteiger partial charge in [-0.3, -0.25) is 4.79 Å². The van der Waals surface area contributed by atoms with Crippen LogP contribution in [0, 0.1) is 0 Å². The number of halogens is 3. The van der Waals surface area contributed by atoms with Crippen LogP contribution in [0.3, 0.4) is 0 Å². The molecule has 1 aliphatic rings. The summed E-state index contributed by atoms with van der Waals surface area (Å²) < 4.78 is 39.5. The van der Waals surface area contributed by atoms with E-state index >= 15 is 0 Å². The summed E-state index contributed by atoms with van der Waals surface area (Å²) in [6.07, 6.45) is -1.58. The van der Waals surface area contributed by atoms with Crippen LogP contribution in [0.1, 0.15) is 44.1 Å². The highest BCUT2D eigenvalue weighted by molar-refractivity contribution is 5.77. The fourth-order valence-corrected chi connectivity index (χ4v) is 3.03. The molecule has 1 aromatic carbocycles. The first-order valence-electron chi connectivity index (χ1n) is 7.91. The Morgan fingerprint density at radius 2 is 1.78 bits per heavy atom. The van der Waals surface area contributed by atoms with E-state index in [2.05, 4.69) is 5.32 Å². The zero-order valence-corrected chi connectivity index (χ0v) is 12.9. The number of carbonyl (C=O) groups is 1. The lowest BCUT2D eigenvalue weighted by Gasteiger charge is -2.32. The van der Waals surface area contributed by atoms with Gasteiger partial charge in [0.25, 0.3) is 0 Å². The van der Waals surface area contributed by atoms with Gasteiger partial charge in [0.05, 0.1) is 12.0 Å². The summed E-state index contributed by atoms with van der Waals surface area (Å²) >= 11 is 0. The van der Waals surface area contributed by atoms with Gasteiger partial charge in [-0.25, -0.2) is 0 Å². The molecular weight excluding hydrogens is 307 g/mol. The van der Waals surface area contributed by atoms with Crippen molar-refractivity contribution in [3.05, 3.63) is 35.9 Å². The van der Waals surface area contributed by atoms with Crippen molar-refractivity contribution in [1.29, 1.82) is 0 Å². The number of hydrogen-bond acceptors (Lipinski definition) is 2. The van der Waals surface area contributed by atoms with Gasteiger partial charge in [-0.15, -0.1) is 0 Å². The van der Waals surface area contributed by atoms with Gasteiger partial charge in [-0.2, -0.15) is 13.2 Å². The Kier molecular flexibility index (Phi) is 5.68. The number of nitrogens with one attached hydrogen (secondary N) is 1. The predicted molar refractivity (Wildman–Crippen MR) is 80.8 cm³/mol. The molecule has 0 aliphatic heterocycles. The zero-order chi connectivity index (χ0) is 16.9. The molecule has 1 atom stereocenters. The van der Waals surface area contributed by atoms with Crippen LogP contribution in [-0.4, -0.2) is 28.8 Å². The first-order valence-corrected chi connectivity index (χ1v) is 7.91. The van der Waals surface area contributed by atoms with Gasteiger partial charge in [0.1, 0.15) is 6.04 Å². The second-order valence-corrected chi connectivity index (χ2v) is 6.31. The third-order valence-corrected chi connectivity index (χ3v) is 4.29. The van der Waals surface area contributed by atoms with Crippen LogP contribution in [0.5, 0.6) is 0 Å². The molecule has 1 aliphatic carbocycles. The summed E-state index contributed by atoms with van der Waals surface area (Å²) in [5.74, 6) is -0.743. The summed E-state index contributed by atoms with van der Waals surface area (Å²) in [6.45, 7) is 0. The smallest absolute Gasteiger partial charge is 0.389 e. The minimum Gasteiger partial charge on any atom is -0.389 e. The number of aliphatic hydroxyl groups is 1. The molecular formula is C17H22F3NO2. The molecule has 1 fully saturated rings. The molecule has 1 amide bonds. The van der Waals surface area contributed by atoms with Gasteiger partial charge in [0.2, 0.25) is 5.91 Å². The topological polar surface area (TPSA) is 49.3 Å². The van der Waals surface area contributed by atoms with Gasteiger partial charge >= 0.3 is 6.18 Å². The second-order valence-electron chi connectivity index (χ2n) is 6.31. The number of amides is 1. The normalized spacial score (nSPS) is 19.1. The minimum atomic E-state index is -4.53. The molecule has 0 saturated heterocycles. The van der Waals surface area contributed by atoms with Crippen LogP contribution in [0.15, 0.2) is 30.3 Å². The average molecular weight is 329 g/mol. The molecule has 128 valence electrons. The van der Waals surface area contributed by atoms with Crippen molar-refractivity contribution in [2.45, 2.75) is 62.8 Å². The van der Waals surface area contributed by atoms with Crippen molar-refractivity contribution in [2.75, 3.05) is 0 Å². The van der Waals surface area contributed by atoms with Crippen LogP contribution in [0.2, 0.25) is 0 Å². The third kappa shape index (κ3) is 5.53. The molecule has 0 spiro atoms. The van der Waals surface area contributed by atoms with Crippen molar-refractivity contribution in [3.8, 4) is 0 Å². The lowest BCUT2D eigenvalue weighted by molar-refractivity contribution is -0.163. The Balaban J connectivity index is 1.98. The van der Waals surface area contributed by atoms with Crippen molar-refractivity contribution in [1.82, 2.24) is 5.32 Å². The molecule has 23 heavy (non-hydrogen) atoms. The SMILES string of the molecule is O=C(CC1(O)CCCCC1)NC(Cc1ccccc1)C(F)(F)F. The number of carbonyl (C=O) groups excluding carboxylic acids is 1. The molecule has 1 aromatic rings. The molecule has 2 N–H and O–H groups in total. The van der Waals surface area contributed by atoms with Crippen LogP contribution in [-0.2, 0) is 11.2 Å². The molecule has 1 unspecified atom stereocenters. The summed E-state index contributed by atoms with van der Waals surface area (Å²) in [5.41, 5.74) is -0.655. The van der Waals surface area contributed by atoms with Gasteiger partial charge in [-0.05, 0) is 18.4 Å². The van der Waals surface area contributed by atoms with Crippen molar-refractivity contribution < 1.29 is 23.1 Å². The molecule has 0 heterocycles. The molecule has 6 heteroatoms. The summed E-state index contributed by atoms with van der Waals surface area (Å²) in [6, 6.07) is 6.30. The Hall–Kier alpha value is -1.56. The highest BCUT2D eigenvalue weighted by Gasteiger charge is 2.41. The van der Waals surface area contributed by atoms with E-state index < -0.39 is 23.7 Å². The monoisotopic (exact) mass is 329 g/mol. The van der Waals surface area contributed by atoms with Crippen LogP contribution in [0.25, 0.3) is 0 Å². The molecule has 0 radical (unpaired) electrons. The van der Waals surface area contributed by atoms with E-state index in [1.54, 1.807) is 30.3 Å². The summed E-state index contributed by atoms with van der Waals surface area (Å²) in [4.78, 5) is 12.0. The lowest BCUT2D eigenvalue weighted by Crippen LogP contribution is -2.49.